The zero-order valence-electron chi connectivity index (χ0n) is 11.4. The predicted octanol–water partition coefficient (Wildman–Crippen LogP) is 1.38. The molecule has 0 fully saturated rings. The molecule has 0 amide bonds. The molecule has 0 unspecified atom stereocenters. The first kappa shape index (κ1) is 14.8. The molecule has 0 radical (unpaired) electrons. The van der Waals surface area contributed by atoms with E-state index in [1.165, 1.54) is 16.7 Å². The average Bonchev–Trinajstić information content (AvgIpc) is 2.48. The molecule has 1 aromatic carbocycles. The third-order valence-electron chi connectivity index (χ3n) is 2.77. The number of hydrogen-bond acceptors (Lipinski definition) is 3. The summed E-state index contributed by atoms with van der Waals surface area (Å²) in [6, 6.07) is 9.38. The van der Waals surface area contributed by atoms with Crippen molar-refractivity contribution in [1.82, 2.24) is 4.57 Å². The van der Waals surface area contributed by atoms with Crippen LogP contribution in [0.2, 0.25) is 0 Å². The number of nitrogens with two attached hydrogens (primary N) is 1. The maximum absolute atomic E-state index is 13.7. The minimum absolute atomic E-state index is 0.0975. The van der Waals surface area contributed by atoms with E-state index in [0.717, 1.165) is 0 Å². The Labute approximate surface area is 122 Å². The summed E-state index contributed by atoms with van der Waals surface area (Å²) in [7, 11) is 0. The first-order valence-corrected chi connectivity index (χ1v) is 6.47. The van der Waals surface area contributed by atoms with Crippen LogP contribution in [0.1, 0.15) is 5.56 Å². The van der Waals surface area contributed by atoms with Crippen molar-refractivity contribution in [2.75, 3.05) is 13.2 Å². The summed E-state index contributed by atoms with van der Waals surface area (Å²) in [6.07, 6.45) is 1.68. The van der Waals surface area contributed by atoms with E-state index in [1.807, 2.05) is 0 Å². The van der Waals surface area contributed by atoms with E-state index in [1.54, 1.807) is 30.5 Å². The molecule has 0 saturated carbocycles. The van der Waals surface area contributed by atoms with Crippen molar-refractivity contribution in [3.8, 4) is 17.6 Å². The van der Waals surface area contributed by atoms with Crippen LogP contribution in [0, 0.1) is 17.7 Å². The highest BCUT2D eigenvalue weighted by molar-refractivity contribution is 5.39. The van der Waals surface area contributed by atoms with Crippen LogP contribution in [0.25, 0.3) is 0 Å². The van der Waals surface area contributed by atoms with Crippen LogP contribution >= 0.6 is 0 Å². The standard InChI is InChI=1S/C16H15FN2O2/c17-15-12-14(7-6-13(15)4-3-8-18)21-11-10-19-9-2-1-5-16(19)20/h1-2,5-7,9,12H,8,10-11,18H2. The second-order valence-corrected chi connectivity index (χ2v) is 4.23. The second-order valence-electron chi connectivity index (χ2n) is 4.23. The molecule has 0 saturated heterocycles. The van der Waals surface area contributed by atoms with Gasteiger partial charge in [0.05, 0.1) is 18.7 Å². The minimum atomic E-state index is -0.453. The number of ether oxygens (including phenoxy) is 1. The fraction of sp³-hybridized carbons (Fsp3) is 0.188. The lowest BCUT2D eigenvalue weighted by molar-refractivity contribution is 0.295. The summed E-state index contributed by atoms with van der Waals surface area (Å²) >= 11 is 0. The Kier molecular flexibility index (Phi) is 5.13. The van der Waals surface area contributed by atoms with Gasteiger partial charge < -0.3 is 15.0 Å². The van der Waals surface area contributed by atoms with Gasteiger partial charge in [0, 0.05) is 18.3 Å². The Morgan fingerprint density at radius 1 is 1.29 bits per heavy atom. The monoisotopic (exact) mass is 286 g/mol. The van der Waals surface area contributed by atoms with E-state index in [4.69, 9.17) is 10.5 Å². The van der Waals surface area contributed by atoms with Gasteiger partial charge in [0.2, 0.25) is 0 Å². The molecule has 0 aliphatic heterocycles. The first-order chi connectivity index (χ1) is 10.2. The molecule has 1 heterocycles. The minimum Gasteiger partial charge on any atom is -0.492 e. The highest BCUT2D eigenvalue weighted by Crippen LogP contribution is 2.16. The zero-order valence-corrected chi connectivity index (χ0v) is 11.4. The zero-order chi connectivity index (χ0) is 15.1. The first-order valence-electron chi connectivity index (χ1n) is 6.47. The average molecular weight is 286 g/mol. The predicted molar refractivity (Wildman–Crippen MR) is 78.5 cm³/mol. The van der Waals surface area contributed by atoms with Gasteiger partial charge in [0.15, 0.2) is 0 Å². The van der Waals surface area contributed by atoms with Gasteiger partial charge >= 0.3 is 0 Å². The van der Waals surface area contributed by atoms with Gasteiger partial charge in [-0.3, -0.25) is 4.79 Å². The smallest absolute Gasteiger partial charge is 0.250 e. The van der Waals surface area contributed by atoms with Crippen molar-refractivity contribution in [2.45, 2.75) is 6.54 Å². The molecule has 0 aliphatic rings. The molecule has 21 heavy (non-hydrogen) atoms. The summed E-state index contributed by atoms with van der Waals surface area (Å²) in [4.78, 5) is 11.5. The van der Waals surface area contributed by atoms with Gasteiger partial charge in [-0.25, -0.2) is 4.39 Å². The van der Waals surface area contributed by atoms with Crippen LogP contribution in [-0.4, -0.2) is 17.7 Å². The number of nitrogens with zero attached hydrogens (tertiary/aromatic N) is 1. The fourth-order valence-corrected chi connectivity index (χ4v) is 1.74. The number of aromatic nitrogens is 1. The third-order valence-corrected chi connectivity index (χ3v) is 2.77. The molecule has 4 nitrogen and oxygen atoms in total. The Hall–Kier alpha value is -2.58. The number of benzene rings is 1. The molecule has 5 heteroatoms. The lowest BCUT2D eigenvalue weighted by atomic mass is 10.2. The molecule has 0 atom stereocenters. The topological polar surface area (TPSA) is 57.2 Å². The van der Waals surface area contributed by atoms with E-state index in [2.05, 4.69) is 11.8 Å². The van der Waals surface area contributed by atoms with Crippen LogP contribution in [0.15, 0.2) is 47.4 Å². The Morgan fingerprint density at radius 2 is 2.14 bits per heavy atom. The lowest BCUT2D eigenvalue weighted by Crippen LogP contribution is -2.21. The van der Waals surface area contributed by atoms with Crippen LogP contribution in [-0.2, 0) is 6.54 Å². The van der Waals surface area contributed by atoms with E-state index in [9.17, 15) is 9.18 Å². The van der Waals surface area contributed by atoms with Crippen LogP contribution in [0.3, 0.4) is 0 Å². The number of pyridine rings is 1. The SMILES string of the molecule is NCC#Cc1ccc(OCCn2ccccc2=O)cc1F. The molecule has 0 bridgehead atoms. The largest absolute Gasteiger partial charge is 0.492 e. The maximum atomic E-state index is 13.7. The van der Waals surface area contributed by atoms with Crippen molar-refractivity contribution in [1.29, 1.82) is 0 Å². The molecular formula is C16H15FN2O2. The van der Waals surface area contributed by atoms with E-state index >= 15 is 0 Å². The van der Waals surface area contributed by atoms with E-state index < -0.39 is 5.82 Å². The van der Waals surface area contributed by atoms with Gasteiger partial charge in [-0.2, -0.15) is 0 Å². The van der Waals surface area contributed by atoms with Crippen LogP contribution in [0.4, 0.5) is 4.39 Å². The van der Waals surface area contributed by atoms with Crippen LogP contribution < -0.4 is 16.0 Å². The molecule has 2 aromatic rings. The van der Waals surface area contributed by atoms with Crippen molar-refractivity contribution in [2.24, 2.45) is 5.73 Å². The van der Waals surface area contributed by atoms with Gasteiger partial charge in [0.1, 0.15) is 18.2 Å². The molecular weight excluding hydrogens is 271 g/mol. The fourth-order valence-electron chi connectivity index (χ4n) is 1.74. The van der Waals surface area contributed by atoms with Crippen molar-refractivity contribution in [3.05, 3.63) is 64.3 Å². The normalized spacial score (nSPS) is 9.81. The number of rotatable bonds is 4. The highest BCUT2D eigenvalue weighted by Gasteiger charge is 2.02. The summed E-state index contributed by atoms with van der Waals surface area (Å²) in [6.45, 7) is 0.858. The number of hydrogen-bond donors (Lipinski definition) is 1. The molecule has 0 aliphatic carbocycles. The lowest BCUT2D eigenvalue weighted by Gasteiger charge is -2.08. The summed E-state index contributed by atoms with van der Waals surface area (Å²) in [5.41, 5.74) is 5.43. The summed E-state index contributed by atoms with van der Waals surface area (Å²) in [5, 5.41) is 0. The summed E-state index contributed by atoms with van der Waals surface area (Å²) < 4.78 is 20.7. The van der Waals surface area contributed by atoms with Crippen molar-refractivity contribution >= 4 is 0 Å². The van der Waals surface area contributed by atoms with E-state index in [0.29, 0.717) is 12.3 Å². The quantitative estimate of drug-likeness (QED) is 0.864. The maximum Gasteiger partial charge on any atom is 0.250 e. The Bertz CT molecular complexity index is 729. The third kappa shape index (κ3) is 4.20. The van der Waals surface area contributed by atoms with Crippen molar-refractivity contribution < 1.29 is 9.13 Å². The van der Waals surface area contributed by atoms with Gasteiger partial charge in [0.25, 0.3) is 5.56 Å². The molecule has 2 rings (SSSR count). The Balaban J connectivity index is 1.96. The van der Waals surface area contributed by atoms with Gasteiger partial charge in [-0.15, -0.1) is 0 Å². The van der Waals surface area contributed by atoms with Gasteiger partial charge in [-0.1, -0.05) is 17.9 Å². The van der Waals surface area contributed by atoms with Gasteiger partial charge in [-0.05, 0) is 18.2 Å². The Morgan fingerprint density at radius 3 is 2.86 bits per heavy atom. The molecule has 2 N–H and O–H groups in total. The number of halogens is 1. The van der Waals surface area contributed by atoms with Crippen molar-refractivity contribution in [3.63, 3.8) is 0 Å². The van der Waals surface area contributed by atoms with E-state index in [-0.39, 0.29) is 24.3 Å². The van der Waals surface area contributed by atoms with Crippen LogP contribution in [0.5, 0.6) is 5.75 Å². The molecule has 0 spiro atoms. The summed E-state index contributed by atoms with van der Waals surface area (Å²) in [5.74, 6) is 5.18. The molecule has 108 valence electrons. The molecule has 1 aromatic heterocycles. The second kappa shape index (κ2) is 7.27. The highest BCUT2D eigenvalue weighted by atomic mass is 19.1.